The molecule has 3 heteroatoms. The van der Waals surface area contributed by atoms with Gasteiger partial charge < -0.3 is 9.84 Å². The highest BCUT2D eigenvalue weighted by Gasteiger charge is 2.19. The summed E-state index contributed by atoms with van der Waals surface area (Å²) in [6.45, 7) is 2.12. The van der Waals surface area contributed by atoms with Gasteiger partial charge in [0.2, 0.25) is 0 Å². The molecule has 0 aromatic heterocycles. The van der Waals surface area contributed by atoms with Crippen molar-refractivity contribution in [2.45, 2.75) is 32.1 Å². The zero-order valence-electron chi connectivity index (χ0n) is 11.5. The Morgan fingerprint density at radius 3 is 2.58 bits per heavy atom. The van der Waals surface area contributed by atoms with Crippen LogP contribution in [0.25, 0.3) is 0 Å². The van der Waals surface area contributed by atoms with Crippen molar-refractivity contribution in [2.24, 2.45) is 0 Å². The first-order valence-corrected chi connectivity index (χ1v) is 6.50. The van der Waals surface area contributed by atoms with Crippen molar-refractivity contribution < 1.29 is 14.6 Å². The number of aliphatic hydroxyl groups is 1. The van der Waals surface area contributed by atoms with Crippen molar-refractivity contribution in [1.29, 1.82) is 0 Å². The highest BCUT2D eigenvalue weighted by Crippen LogP contribution is 2.23. The molecule has 3 nitrogen and oxygen atoms in total. The molecule has 0 aliphatic carbocycles. The molecule has 1 N–H and O–H groups in total. The zero-order valence-corrected chi connectivity index (χ0v) is 11.5. The lowest BCUT2D eigenvalue weighted by atomic mass is 9.94. The summed E-state index contributed by atoms with van der Waals surface area (Å²) >= 11 is 0. The predicted octanol–water partition coefficient (Wildman–Crippen LogP) is 2.48. The van der Waals surface area contributed by atoms with Crippen LogP contribution in [0.4, 0.5) is 0 Å². The maximum absolute atomic E-state index is 11.7. The molecule has 0 aliphatic rings. The first-order valence-electron chi connectivity index (χ1n) is 6.50. The Kier molecular flexibility index (Phi) is 6.70. The van der Waals surface area contributed by atoms with Crippen LogP contribution < -0.4 is 0 Å². The fraction of sp³-hybridized carbons (Fsp3) is 0.438. The van der Waals surface area contributed by atoms with Gasteiger partial charge in [-0.1, -0.05) is 37.3 Å². The topological polar surface area (TPSA) is 46.5 Å². The van der Waals surface area contributed by atoms with Gasteiger partial charge in [-0.05, 0) is 24.1 Å². The molecule has 0 amide bonds. The van der Waals surface area contributed by atoms with E-state index >= 15 is 0 Å². The lowest BCUT2D eigenvalue weighted by molar-refractivity contribution is -0.142. The van der Waals surface area contributed by atoms with Gasteiger partial charge >= 0.3 is 5.97 Å². The molecule has 102 valence electrons. The standard InChI is InChI=1S/C16H20O3/c1-3-6-15(16(18)19-2)14-10-8-13(9-11-14)7-4-5-12-17/h8-11,15,17H,3,5-6,12H2,1-2H3/t15-/m0/s1. The van der Waals surface area contributed by atoms with Gasteiger partial charge in [0.05, 0.1) is 19.6 Å². The summed E-state index contributed by atoms with van der Waals surface area (Å²) in [6.07, 6.45) is 2.18. The molecular formula is C16H20O3. The fourth-order valence-electron chi connectivity index (χ4n) is 1.87. The third-order valence-electron chi connectivity index (χ3n) is 2.85. The van der Waals surface area contributed by atoms with Crippen LogP contribution in [0.1, 0.15) is 43.2 Å². The van der Waals surface area contributed by atoms with Crippen LogP contribution in [-0.4, -0.2) is 24.8 Å². The minimum Gasteiger partial charge on any atom is -0.469 e. The van der Waals surface area contributed by atoms with E-state index < -0.39 is 0 Å². The maximum atomic E-state index is 11.7. The molecule has 0 saturated heterocycles. The molecular weight excluding hydrogens is 240 g/mol. The smallest absolute Gasteiger partial charge is 0.313 e. The summed E-state index contributed by atoms with van der Waals surface area (Å²) in [5.41, 5.74) is 1.85. The highest BCUT2D eigenvalue weighted by atomic mass is 16.5. The second-order valence-electron chi connectivity index (χ2n) is 4.26. The van der Waals surface area contributed by atoms with E-state index in [1.807, 2.05) is 31.2 Å². The van der Waals surface area contributed by atoms with E-state index in [2.05, 4.69) is 11.8 Å². The molecule has 0 heterocycles. The maximum Gasteiger partial charge on any atom is 0.313 e. The second-order valence-corrected chi connectivity index (χ2v) is 4.26. The molecule has 0 fully saturated rings. The minimum atomic E-state index is -0.200. The summed E-state index contributed by atoms with van der Waals surface area (Å²) in [6, 6.07) is 7.62. The molecule has 19 heavy (non-hydrogen) atoms. The van der Waals surface area contributed by atoms with E-state index in [1.165, 1.54) is 7.11 Å². The summed E-state index contributed by atoms with van der Waals surface area (Å²) in [4.78, 5) is 11.7. The number of aliphatic hydroxyl groups excluding tert-OH is 1. The Hall–Kier alpha value is -1.79. The highest BCUT2D eigenvalue weighted by molar-refractivity contribution is 5.78. The van der Waals surface area contributed by atoms with Crippen molar-refractivity contribution >= 4 is 5.97 Å². The zero-order chi connectivity index (χ0) is 14.1. The molecule has 0 spiro atoms. The molecule has 1 aromatic rings. The Morgan fingerprint density at radius 2 is 2.05 bits per heavy atom. The molecule has 0 bridgehead atoms. The van der Waals surface area contributed by atoms with E-state index in [0.29, 0.717) is 6.42 Å². The normalized spacial score (nSPS) is 11.3. The minimum absolute atomic E-state index is 0.0754. The number of hydrogen-bond acceptors (Lipinski definition) is 3. The predicted molar refractivity (Wildman–Crippen MR) is 74.7 cm³/mol. The van der Waals surface area contributed by atoms with Crippen molar-refractivity contribution in [3.63, 3.8) is 0 Å². The van der Waals surface area contributed by atoms with Gasteiger partial charge in [-0.15, -0.1) is 0 Å². The van der Waals surface area contributed by atoms with Crippen molar-refractivity contribution in [1.82, 2.24) is 0 Å². The molecule has 1 rings (SSSR count). The molecule has 0 saturated carbocycles. The summed E-state index contributed by atoms with van der Waals surface area (Å²) in [7, 11) is 1.42. The van der Waals surface area contributed by atoms with Crippen molar-refractivity contribution in [2.75, 3.05) is 13.7 Å². The summed E-state index contributed by atoms with van der Waals surface area (Å²) in [5.74, 6) is 5.44. The lowest BCUT2D eigenvalue weighted by Gasteiger charge is -2.13. The van der Waals surface area contributed by atoms with Crippen LogP contribution in [0.15, 0.2) is 24.3 Å². The molecule has 1 aromatic carbocycles. The number of rotatable bonds is 5. The monoisotopic (exact) mass is 260 g/mol. The number of ether oxygens (including phenoxy) is 1. The first-order chi connectivity index (χ1) is 9.22. The van der Waals surface area contributed by atoms with Crippen LogP contribution in [-0.2, 0) is 9.53 Å². The SMILES string of the molecule is CCC[C@H](C(=O)OC)c1ccc(C#CCCO)cc1. The van der Waals surface area contributed by atoms with Gasteiger partial charge in [0, 0.05) is 12.0 Å². The van der Waals surface area contributed by atoms with Gasteiger partial charge in [0.25, 0.3) is 0 Å². The first kappa shape index (κ1) is 15.3. The number of hydrogen-bond donors (Lipinski definition) is 1. The second kappa shape index (κ2) is 8.34. The largest absolute Gasteiger partial charge is 0.469 e. The average Bonchev–Trinajstić information content (AvgIpc) is 2.45. The lowest BCUT2D eigenvalue weighted by Crippen LogP contribution is -2.14. The van der Waals surface area contributed by atoms with Gasteiger partial charge in [0.15, 0.2) is 0 Å². The number of carbonyl (C=O) groups excluding carboxylic acids is 1. The van der Waals surface area contributed by atoms with Crippen molar-refractivity contribution in [3.8, 4) is 11.8 Å². The van der Waals surface area contributed by atoms with Crippen molar-refractivity contribution in [3.05, 3.63) is 35.4 Å². The number of methoxy groups -OCH3 is 1. The molecule has 0 unspecified atom stereocenters. The third-order valence-corrected chi connectivity index (χ3v) is 2.85. The Labute approximate surface area is 114 Å². The van der Waals surface area contributed by atoms with Crippen LogP contribution in [0.2, 0.25) is 0 Å². The van der Waals surface area contributed by atoms with E-state index in [4.69, 9.17) is 9.84 Å². The van der Waals surface area contributed by atoms with Gasteiger partial charge in [-0.3, -0.25) is 4.79 Å². The van der Waals surface area contributed by atoms with E-state index in [0.717, 1.165) is 24.0 Å². The van der Waals surface area contributed by atoms with Crippen LogP contribution in [0, 0.1) is 11.8 Å². The quantitative estimate of drug-likeness (QED) is 0.653. The van der Waals surface area contributed by atoms with Crippen LogP contribution in [0.3, 0.4) is 0 Å². The molecule has 0 aliphatic heterocycles. The van der Waals surface area contributed by atoms with Gasteiger partial charge in [0.1, 0.15) is 0 Å². The van der Waals surface area contributed by atoms with Gasteiger partial charge in [-0.2, -0.15) is 0 Å². The van der Waals surface area contributed by atoms with E-state index in [9.17, 15) is 4.79 Å². The summed E-state index contributed by atoms with van der Waals surface area (Å²) < 4.78 is 4.83. The molecule has 1 atom stereocenters. The Balaban J connectivity index is 2.84. The third kappa shape index (κ3) is 4.76. The van der Waals surface area contributed by atoms with Crippen LogP contribution in [0.5, 0.6) is 0 Å². The Bertz CT molecular complexity index is 451. The number of esters is 1. The average molecular weight is 260 g/mol. The Morgan fingerprint density at radius 1 is 1.37 bits per heavy atom. The fourth-order valence-corrected chi connectivity index (χ4v) is 1.87. The number of benzene rings is 1. The number of carbonyl (C=O) groups is 1. The summed E-state index contributed by atoms with van der Waals surface area (Å²) in [5, 5.41) is 8.65. The van der Waals surface area contributed by atoms with E-state index in [1.54, 1.807) is 0 Å². The molecule has 0 radical (unpaired) electrons. The van der Waals surface area contributed by atoms with Gasteiger partial charge in [-0.25, -0.2) is 0 Å². The van der Waals surface area contributed by atoms with E-state index in [-0.39, 0.29) is 18.5 Å². The van der Waals surface area contributed by atoms with Crippen LogP contribution >= 0.6 is 0 Å².